The summed E-state index contributed by atoms with van der Waals surface area (Å²) in [4.78, 5) is 12.5. The molecule has 1 amide bonds. The van der Waals surface area contributed by atoms with Crippen molar-refractivity contribution in [2.75, 3.05) is 25.4 Å². The average molecular weight is 370 g/mol. The van der Waals surface area contributed by atoms with Gasteiger partial charge in [0.2, 0.25) is 15.9 Å². The number of hydrogen-bond acceptors (Lipinski definition) is 4. The summed E-state index contributed by atoms with van der Waals surface area (Å²) in [7, 11) is -3.13. The predicted octanol–water partition coefficient (Wildman–Crippen LogP) is 1.49. The molecule has 23 heavy (non-hydrogen) atoms. The zero-order valence-electron chi connectivity index (χ0n) is 14.5. The van der Waals surface area contributed by atoms with E-state index >= 15 is 0 Å². The lowest BCUT2D eigenvalue weighted by Crippen LogP contribution is -2.52. The predicted molar refractivity (Wildman–Crippen MR) is 96.1 cm³/mol. The third kappa shape index (κ3) is 5.59. The Kier molecular flexibility index (Phi) is 9.65. The van der Waals surface area contributed by atoms with Crippen molar-refractivity contribution in [2.24, 2.45) is 11.1 Å². The van der Waals surface area contributed by atoms with Crippen LogP contribution in [0, 0.1) is 5.41 Å². The number of rotatable bonds is 8. The van der Waals surface area contributed by atoms with Crippen molar-refractivity contribution >= 4 is 28.3 Å². The second-order valence-electron chi connectivity index (χ2n) is 6.15. The molecule has 0 bridgehead atoms. The van der Waals surface area contributed by atoms with Gasteiger partial charge in [-0.15, -0.1) is 12.4 Å². The topological polar surface area (TPSA) is 92.5 Å². The molecule has 0 aromatic rings. The highest BCUT2D eigenvalue weighted by atomic mass is 35.5. The van der Waals surface area contributed by atoms with Crippen LogP contribution in [0.3, 0.4) is 0 Å². The summed E-state index contributed by atoms with van der Waals surface area (Å²) in [5, 5.41) is 3.08. The number of amides is 1. The van der Waals surface area contributed by atoms with Crippen LogP contribution < -0.4 is 11.1 Å². The van der Waals surface area contributed by atoms with Crippen molar-refractivity contribution in [3.63, 3.8) is 0 Å². The first-order valence-corrected chi connectivity index (χ1v) is 9.95. The van der Waals surface area contributed by atoms with Gasteiger partial charge in [0.05, 0.1) is 11.2 Å². The number of halogens is 1. The molecule has 1 heterocycles. The van der Waals surface area contributed by atoms with E-state index in [1.165, 1.54) is 0 Å². The summed E-state index contributed by atoms with van der Waals surface area (Å²) >= 11 is 0. The Hall–Kier alpha value is -0.370. The van der Waals surface area contributed by atoms with E-state index in [9.17, 15) is 13.2 Å². The van der Waals surface area contributed by atoms with Gasteiger partial charge >= 0.3 is 0 Å². The fourth-order valence-electron chi connectivity index (χ4n) is 2.96. The zero-order chi connectivity index (χ0) is 16.8. The average Bonchev–Trinajstić information content (AvgIpc) is 2.50. The van der Waals surface area contributed by atoms with Gasteiger partial charge < -0.3 is 11.1 Å². The van der Waals surface area contributed by atoms with Gasteiger partial charge in [-0.25, -0.2) is 12.7 Å². The normalized spacial score (nSPS) is 17.6. The molecule has 0 spiro atoms. The first-order chi connectivity index (χ1) is 10.3. The lowest BCUT2D eigenvalue weighted by molar-refractivity contribution is -0.132. The van der Waals surface area contributed by atoms with Gasteiger partial charge in [-0.05, 0) is 32.1 Å². The molecular weight excluding hydrogens is 338 g/mol. The molecule has 1 fully saturated rings. The molecule has 8 heteroatoms. The van der Waals surface area contributed by atoms with Gasteiger partial charge in [0.15, 0.2) is 0 Å². The van der Waals surface area contributed by atoms with Gasteiger partial charge in [-0.2, -0.15) is 0 Å². The van der Waals surface area contributed by atoms with Crippen LogP contribution in [0.4, 0.5) is 0 Å². The number of nitrogens with two attached hydrogens (primary N) is 1. The van der Waals surface area contributed by atoms with Crippen LogP contribution in [-0.4, -0.2) is 50.1 Å². The number of sulfonamides is 1. The Balaban J connectivity index is 0.00000484. The Morgan fingerprint density at radius 1 is 1.22 bits per heavy atom. The summed E-state index contributed by atoms with van der Waals surface area (Å²) < 4.78 is 25.6. The second-order valence-corrected chi connectivity index (χ2v) is 8.24. The van der Waals surface area contributed by atoms with Crippen molar-refractivity contribution < 1.29 is 13.2 Å². The van der Waals surface area contributed by atoms with Crippen molar-refractivity contribution in [1.82, 2.24) is 9.62 Å². The molecule has 1 saturated heterocycles. The number of nitrogens with one attached hydrogen (secondary N) is 1. The number of nitrogens with zero attached hydrogens (tertiary/aromatic N) is 1. The molecule has 0 radical (unpaired) electrons. The standard InChI is InChI=1S/C15H31N3O3S.ClH/c1-4-11-22(20,21)18-9-7-13(8-10-18)17-14(19)15(5-2,6-3)12-16;/h13H,4-12,16H2,1-3H3,(H,17,19);1H. The van der Waals surface area contributed by atoms with Gasteiger partial charge in [0.25, 0.3) is 0 Å². The smallest absolute Gasteiger partial charge is 0.227 e. The van der Waals surface area contributed by atoms with E-state index < -0.39 is 15.4 Å². The van der Waals surface area contributed by atoms with E-state index in [1.54, 1.807) is 4.31 Å². The van der Waals surface area contributed by atoms with Crippen molar-refractivity contribution in [2.45, 2.75) is 58.9 Å². The summed E-state index contributed by atoms with van der Waals surface area (Å²) in [6.07, 6.45) is 3.40. The van der Waals surface area contributed by atoms with Gasteiger partial charge in [0.1, 0.15) is 0 Å². The third-order valence-electron chi connectivity index (χ3n) is 4.87. The fourth-order valence-corrected chi connectivity index (χ4v) is 4.50. The molecule has 0 atom stereocenters. The van der Waals surface area contributed by atoms with Crippen molar-refractivity contribution in [3.8, 4) is 0 Å². The highest BCUT2D eigenvalue weighted by Gasteiger charge is 2.35. The lowest BCUT2D eigenvalue weighted by atomic mass is 9.81. The maximum Gasteiger partial charge on any atom is 0.227 e. The number of piperidine rings is 1. The molecule has 0 unspecified atom stereocenters. The van der Waals surface area contributed by atoms with Gasteiger partial charge in [-0.1, -0.05) is 20.8 Å². The highest BCUT2D eigenvalue weighted by molar-refractivity contribution is 7.89. The fraction of sp³-hybridized carbons (Fsp3) is 0.933. The molecular formula is C15H32ClN3O3S. The maximum atomic E-state index is 12.5. The molecule has 0 saturated carbocycles. The third-order valence-corrected chi connectivity index (χ3v) is 6.95. The second kappa shape index (κ2) is 9.81. The van der Waals surface area contributed by atoms with Crippen LogP contribution in [0.25, 0.3) is 0 Å². The minimum atomic E-state index is -3.13. The summed E-state index contributed by atoms with van der Waals surface area (Å²) in [5.41, 5.74) is 5.30. The molecule has 0 aromatic carbocycles. The van der Waals surface area contributed by atoms with Crippen LogP contribution in [0.2, 0.25) is 0 Å². The quantitative estimate of drug-likeness (QED) is 0.678. The van der Waals surface area contributed by atoms with E-state index in [-0.39, 0.29) is 30.1 Å². The molecule has 1 aliphatic heterocycles. The first kappa shape index (κ1) is 22.6. The summed E-state index contributed by atoms with van der Waals surface area (Å²) in [6, 6.07) is 0.0459. The van der Waals surface area contributed by atoms with Crippen LogP contribution >= 0.6 is 12.4 Å². The minimum Gasteiger partial charge on any atom is -0.353 e. The molecule has 0 aromatic heterocycles. The van der Waals surface area contributed by atoms with Crippen LogP contribution in [-0.2, 0) is 14.8 Å². The molecule has 1 rings (SSSR count). The SMILES string of the molecule is CCCS(=O)(=O)N1CCC(NC(=O)C(CC)(CC)CN)CC1.Cl. The molecule has 138 valence electrons. The number of carbonyl (C=O) groups excluding carboxylic acids is 1. The zero-order valence-corrected chi connectivity index (χ0v) is 16.1. The van der Waals surface area contributed by atoms with Crippen molar-refractivity contribution in [1.29, 1.82) is 0 Å². The highest BCUT2D eigenvalue weighted by Crippen LogP contribution is 2.26. The summed E-state index contributed by atoms with van der Waals surface area (Å²) in [6.45, 7) is 7.15. The number of hydrogen-bond donors (Lipinski definition) is 2. The van der Waals surface area contributed by atoms with Crippen LogP contribution in [0.1, 0.15) is 52.9 Å². The van der Waals surface area contributed by atoms with E-state index in [0.717, 1.165) is 12.8 Å². The van der Waals surface area contributed by atoms with Crippen LogP contribution in [0.5, 0.6) is 0 Å². The molecule has 3 N–H and O–H groups in total. The van der Waals surface area contributed by atoms with E-state index in [1.807, 2.05) is 20.8 Å². The Bertz CT molecular complexity index is 450. The van der Waals surface area contributed by atoms with Gasteiger partial charge in [-0.3, -0.25) is 4.79 Å². The lowest BCUT2D eigenvalue weighted by Gasteiger charge is -2.35. The first-order valence-electron chi connectivity index (χ1n) is 8.34. The maximum absolute atomic E-state index is 12.5. The van der Waals surface area contributed by atoms with Crippen LogP contribution in [0.15, 0.2) is 0 Å². The largest absolute Gasteiger partial charge is 0.353 e. The Morgan fingerprint density at radius 2 is 1.74 bits per heavy atom. The monoisotopic (exact) mass is 369 g/mol. The number of carbonyl (C=O) groups is 1. The molecule has 6 nitrogen and oxygen atoms in total. The molecule has 0 aliphatic carbocycles. The van der Waals surface area contributed by atoms with Gasteiger partial charge in [0, 0.05) is 25.7 Å². The van der Waals surface area contributed by atoms with E-state index in [4.69, 9.17) is 5.73 Å². The Labute approximate surface area is 147 Å². The molecule has 1 aliphatic rings. The van der Waals surface area contributed by atoms with E-state index in [0.29, 0.717) is 38.9 Å². The minimum absolute atomic E-state index is 0. The Morgan fingerprint density at radius 3 is 2.13 bits per heavy atom. The van der Waals surface area contributed by atoms with Crippen molar-refractivity contribution in [3.05, 3.63) is 0 Å². The van der Waals surface area contributed by atoms with E-state index in [2.05, 4.69) is 5.32 Å². The summed E-state index contributed by atoms with van der Waals surface area (Å²) in [5.74, 6) is 0.210.